The maximum absolute atomic E-state index is 11.5. The van der Waals surface area contributed by atoms with Crippen molar-refractivity contribution in [1.82, 2.24) is 4.90 Å². The fraction of sp³-hybridized carbons (Fsp3) is 0.667. The Labute approximate surface area is 77.5 Å². The van der Waals surface area contributed by atoms with Gasteiger partial charge in [-0.2, -0.15) is 0 Å². The lowest BCUT2D eigenvalue weighted by Crippen LogP contribution is -2.42. The Bertz CT molecular complexity index is 225. The number of carboxylic acid groups (broad SMARTS) is 1. The molecule has 1 N–H and O–H groups in total. The van der Waals surface area contributed by atoms with Gasteiger partial charge in [0.2, 0.25) is 5.91 Å². The minimum Gasteiger partial charge on any atom is -0.480 e. The summed E-state index contributed by atoms with van der Waals surface area (Å²) in [4.78, 5) is 23.6. The zero-order chi connectivity index (χ0) is 10.0. The number of aliphatic carboxylic acids is 1. The Morgan fingerprint density at radius 3 is 2.62 bits per heavy atom. The third-order valence-electron chi connectivity index (χ3n) is 2.13. The van der Waals surface area contributed by atoms with Gasteiger partial charge in [0, 0.05) is 12.5 Å². The van der Waals surface area contributed by atoms with Crippen LogP contribution in [0.2, 0.25) is 0 Å². The van der Waals surface area contributed by atoms with Gasteiger partial charge >= 0.3 is 5.97 Å². The molecular formula is C9H14NO3. The van der Waals surface area contributed by atoms with E-state index < -0.39 is 12.0 Å². The van der Waals surface area contributed by atoms with Crippen molar-refractivity contribution in [3.05, 3.63) is 6.42 Å². The molecule has 1 rings (SSSR count). The Kier molecular flexibility index (Phi) is 2.90. The topological polar surface area (TPSA) is 57.6 Å². The summed E-state index contributed by atoms with van der Waals surface area (Å²) in [5, 5.41) is 8.79. The first-order chi connectivity index (χ1) is 6.04. The summed E-state index contributed by atoms with van der Waals surface area (Å²) >= 11 is 0. The van der Waals surface area contributed by atoms with E-state index in [1.165, 1.54) is 4.90 Å². The molecule has 0 spiro atoms. The highest BCUT2D eigenvalue weighted by Gasteiger charge is 2.34. The first-order valence-corrected chi connectivity index (χ1v) is 4.40. The van der Waals surface area contributed by atoms with Gasteiger partial charge in [-0.3, -0.25) is 4.79 Å². The van der Waals surface area contributed by atoms with Crippen LogP contribution in [-0.4, -0.2) is 34.5 Å². The second-order valence-corrected chi connectivity index (χ2v) is 3.49. The Balaban J connectivity index is 2.68. The summed E-state index contributed by atoms with van der Waals surface area (Å²) in [6.07, 6.45) is 2.35. The molecule has 13 heavy (non-hydrogen) atoms. The van der Waals surface area contributed by atoms with Gasteiger partial charge in [0.1, 0.15) is 6.04 Å². The molecule has 0 unspecified atom stereocenters. The Morgan fingerprint density at radius 2 is 2.15 bits per heavy atom. The molecule has 4 nitrogen and oxygen atoms in total. The molecule has 4 heteroatoms. The van der Waals surface area contributed by atoms with E-state index in [2.05, 4.69) is 0 Å². The summed E-state index contributed by atoms with van der Waals surface area (Å²) in [6.45, 7) is 4.09. The number of hydrogen-bond donors (Lipinski definition) is 1. The Morgan fingerprint density at radius 1 is 1.54 bits per heavy atom. The molecule has 0 bridgehead atoms. The van der Waals surface area contributed by atoms with Crippen LogP contribution in [0.3, 0.4) is 0 Å². The number of rotatable bonds is 2. The minimum absolute atomic E-state index is 0.0823. The van der Waals surface area contributed by atoms with Crippen molar-refractivity contribution in [2.75, 3.05) is 6.54 Å². The van der Waals surface area contributed by atoms with E-state index in [0.29, 0.717) is 13.0 Å². The molecule has 1 saturated heterocycles. The molecule has 73 valence electrons. The second kappa shape index (κ2) is 3.77. The fourth-order valence-corrected chi connectivity index (χ4v) is 1.45. The van der Waals surface area contributed by atoms with Crippen molar-refractivity contribution >= 4 is 11.9 Å². The van der Waals surface area contributed by atoms with Crippen molar-refractivity contribution < 1.29 is 14.7 Å². The van der Waals surface area contributed by atoms with Crippen molar-refractivity contribution in [3.8, 4) is 0 Å². The molecule has 1 aliphatic rings. The minimum atomic E-state index is -0.938. The lowest BCUT2D eigenvalue weighted by molar-refractivity contribution is -0.148. The van der Waals surface area contributed by atoms with Gasteiger partial charge in [0.25, 0.3) is 0 Å². The van der Waals surface area contributed by atoms with E-state index in [1.807, 2.05) is 0 Å². The normalized spacial score (nSPS) is 22.4. The van der Waals surface area contributed by atoms with Gasteiger partial charge in [0.05, 0.1) is 0 Å². The SMILES string of the molecule is CC(C)C(=O)N1CC[CH][C@H]1C(=O)O. The van der Waals surface area contributed by atoms with E-state index in [0.717, 1.165) is 0 Å². The maximum Gasteiger partial charge on any atom is 0.326 e. The van der Waals surface area contributed by atoms with Gasteiger partial charge in [-0.1, -0.05) is 13.8 Å². The molecule has 1 amide bonds. The summed E-state index contributed by atoms with van der Waals surface area (Å²) in [5.41, 5.74) is 0. The molecule has 1 radical (unpaired) electrons. The van der Waals surface area contributed by atoms with Gasteiger partial charge in [-0.25, -0.2) is 4.79 Å². The van der Waals surface area contributed by atoms with Crippen LogP contribution in [0.15, 0.2) is 0 Å². The van der Waals surface area contributed by atoms with Crippen LogP contribution in [0.5, 0.6) is 0 Å². The van der Waals surface area contributed by atoms with Crippen LogP contribution < -0.4 is 0 Å². The smallest absolute Gasteiger partial charge is 0.326 e. The number of nitrogens with zero attached hydrogens (tertiary/aromatic N) is 1. The summed E-state index contributed by atoms with van der Waals surface area (Å²) in [6, 6.07) is -0.713. The van der Waals surface area contributed by atoms with E-state index in [-0.39, 0.29) is 11.8 Å². The van der Waals surface area contributed by atoms with Gasteiger partial charge in [0.15, 0.2) is 0 Å². The van der Waals surface area contributed by atoms with Crippen molar-refractivity contribution in [2.45, 2.75) is 26.3 Å². The average Bonchev–Trinajstić information content (AvgIpc) is 2.50. The van der Waals surface area contributed by atoms with Gasteiger partial charge in [-0.15, -0.1) is 0 Å². The fourth-order valence-electron chi connectivity index (χ4n) is 1.45. The quantitative estimate of drug-likeness (QED) is 0.681. The van der Waals surface area contributed by atoms with Crippen LogP contribution in [0.1, 0.15) is 20.3 Å². The van der Waals surface area contributed by atoms with Crippen molar-refractivity contribution in [3.63, 3.8) is 0 Å². The predicted octanol–water partition coefficient (Wildman–Crippen LogP) is 0.532. The van der Waals surface area contributed by atoms with Crippen LogP contribution >= 0.6 is 0 Å². The molecule has 0 aliphatic carbocycles. The van der Waals surface area contributed by atoms with Crippen molar-refractivity contribution in [2.24, 2.45) is 5.92 Å². The summed E-state index contributed by atoms with van der Waals surface area (Å²) in [7, 11) is 0. The van der Waals surface area contributed by atoms with E-state index in [1.54, 1.807) is 20.3 Å². The Hall–Kier alpha value is -1.06. The van der Waals surface area contributed by atoms with E-state index in [4.69, 9.17) is 5.11 Å². The second-order valence-electron chi connectivity index (χ2n) is 3.49. The first kappa shape index (κ1) is 10.0. The third-order valence-corrected chi connectivity index (χ3v) is 2.13. The molecule has 0 aromatic rings. The highest BCUT2D eigenvalue weighted by Crippen LogP contribution is 2.18. The standard InChI is InChI=1S/C9H14NO3/c1-6(2)8(11)10-5-3-4-7(10)9(12)13/h4,6-7H,3,5H2,1-2H3,(H,12,13)/t7-/m0/s1. The molecule has 1 atom stereocenters. The predicted molar refractivity (Wildman–Crippen MR) is 46.9 cm³/mol. The molecule has 0 aromatic carbocycles. The summed E-state index contributed by atoms with van der Waals surface area (Å²) in [5.74, 6) is -1.15. The monoisotopic (exact) mass is 184 g/mol. The molecule has 1 aliphatic heterocycles. The number of carbonyl (C=O) groups excluding carboxylic acids is 1. The highest BCUT2D eigenvalue weighted by atomic mass is 16.4. The molecule has 1 fully saturated rings. The lowest BCUT2D eigenvalue weighted by Gasteiger charge is -2.22. The zero-order valence-electron chi connectivity index (χ0n) is 7.86. The number of likely N-dealkylation sites (tertiary alicyclic amines) is 1. The maximum atomic E-state index is 11.5. The highest BCUT2D eigenvalue weighted by molar-refractivity contribution is 5.86. The number of carboxylic acids is 1. The number of amides is 1. The molecular weight excluding hydrogens is 170 g/mol. The molecule has 0 aromatic heterocycles. The van der Waals surface area contributed by atoms with Crippen LogP contribution in [0.4, 0.5) is 0 Å². The van der Waals surface area contributed by atoms with Crippen LogP contribution in [0, 0.1) is 12.3 Å². The number of carbonyl (C=O) groups is 2. The molecule has 0 saturated carbocycles. The largest absolute Gasteiger partial charge is 0.480 e. The molecule has 1 heterocycles. The van der Waals surface area contributed by atoms with Crippen LogP contribution in [0.25, 0.3) is 0 Å². The van der Waals surface area contributed by atoms with E-state index in [9.17, 15) is 9.59 Å². The summed E-state index contributed by atoms with van der Waals surface area (Å²) < 4.78 is 0. The number of hydrogen-bond acceptors (Lipinski definition) is 2. The zero-order valence-corrected chi connectivity index (χ0v) is 7.86. The first-order valence-electron chi connectivity index (χ1n) is 4.40. The van der Waals surface area contributed by atoms with Gasteiger partial charge in [-0.05, 0) is 12.8 Å². The van der Waals surface area contributed by atoms with Crippen molar-refractivity contribution in [1.29, 1.82) is 0 Å². The third kappa shape index (κ3) is 1.99. The van der Waals surface area contributed by atoms with E-state index >= 15 is 0 Å². The average molecular weight is 184 g/mol. The van der Waals surface area contributed by atoms with Crippen LogP contribution in [-0.2, 0) is 9.59 Å². The van der Waals surface area contributed by atoms with Gasteiger partial charge < -0.3 is 10.0 Å². The lowest BCUT2D eigenvalue weighted by atomic mass is 10.1.